The maximum atomic E-state index is 12.4. The molecule has 3 rings (SSSR count). The molecule has 2 amide bonds. The second kappa shape index (κ2) is 7.60. The second-order valence-corrected chi connectivity index (χ2v) is 7.86. The van der Waals surface area contributed by atoms with Gasteiger partial charge in [-0.2, -0.15) is 0 Å². The van der Waals surface area contributed by atoms with Crippen molar-refractivity contribution in [3.63, 3.8) is 0 Å². The van der Waals surface area contributed by atoms with Crippen LogP contribution in [0.15, 0.2) is 12.4 Å². The van der Waals surface area contributed by atoms with E-state index in [1.165, 1.54) is 0 Å². The third-order valence-corrected chi connectivity index (χ3v) is 5.19. The molecule has 2 saturated heterocycles. The zero-order valence-corrected chi connectivity index (χ0v) is 15.9. The molecule has 0 N–H and O–H groups in total. The lowest BCUT2D eigenvalue weighted by atomic mass is 9.73. The normalized spacial score (nSPS) is 23.6. The summed E-state index contributed by atoms with van der Waals surface area (Å²) in [6.45, 7) is 8.14. The zero-order valence-electron chi connectivity index (χ0n) is 15.9. The summed E-state index contributed by atoms with van der Waals surface area (Å²) in [5, 5.41) is 0. The van der Waals surface area contributed by atoms with Gasteiger partial charge in [-0.15, -0.1) is 0 Å². The molecular weight excluding hydrogens is 332 g/mol. The molecule has 26 heavy (non-hydrogen) atoms. The van der Waals surface area contributed by atoms with Crippen molar-refractivity contribution in [1.29, 1.82) is 0 Å². The van der Waals surface area contributed by atoms with Crippen LogP contribution >= 0.6 is 0 Å². The first-order valence-corrected chi connectivity index (χ1v) is 9.38. The molecule has 2 aliphatic rings. The van der Waals surface area contributed by atoms with Crippen molar-refractivity contribution >= 4 is 12.0 Å². The summed E-state index contributed by atoms with van der Waals surface area (Å²) in [5.74, 6) is 0.153. The summed E-state index contributed by atoms with van der Waals surface area (Å²) in [4.78, 5) is 37.1. The molecule has 1 atom stereocenters. The number of rotatable bonds is 3. The van der Waals surface area contributed by atoms with Crippen molar-refractivity contribution in [2.75, 3.05) is 19.6 Å². The van der Waals surface area contributed by atoms with Gasteiger partial charge in [0, 0.05) is 37.7 Å². The highest BCUT2D eigenvalue weighted by molar-refractivity contribution is 5.77. The van der Waals surface area contributed by atoms with Crippen molar-refractivity contribution in [3.05, 3.63) is 23.8 Å². The van der Waals surface area contributed by atoms with E-state index in [0.717, 1.165) is 37.2 Å². The first-order chi connectivity index (χ1) is 12.4. The molecule has 0 radical (unpaired) electrons. The Morgan fingerprint density at radius 1 is 1.27 bits per heavy atom. The average molecular weight is 360 g/mol. The Balaban J connectivity index is 1.68. The zero-order chi connectivity index (χ0) is 18.7. The summed E-state index contributed by atoms with van der Waals surface area (Å²) in [6.07, 6.45) is 6.42. The van der Waals surface area contributed by atoms with Crippen LogP contribution < -0.4 is 0 Å². The topological polar surface area (TPSA) is 75.6 Å². The lowest BCUT2D eigenvalue weighted by Gasteiger charge is -2.47. The first kappa shape index (κ1) is 18.6. The molecule has 0 bridgehead atoms. The van der Waals surface area contributed by atoms with Gasteiger partial charge >= 0.3 is 6.09 Å². The van der Waals surface area contributed by atoms with E-state index in [9.17, 15) is 9.59 Å². The van der Waals surface area contributed by atoms with Crippen LogP contribution in [0.25, 0.3) is 0 Å². The Labute approximate surface area is 154 Å². The number of hydrogen-bond donors (Lipinski definition) is 0. The van der Waals surface area contributed by atoms with Gasteiger partial charge in [0.1, 0.15) is 0 Å². The third-order valence-electron chi connectivity index (χ3n) is 5.19. The quantitative estimate of drug-likeness (QED) is 0.828. The van der Waals surface area contributed by atoms with Gasteiger partial charge in [-0.05, 0) is 40.0 Å². The average Bonchev–Trinajstić information content (AvgIpc) is 2.60. The number of aryl methyl sites for hydroxylation is 1. The molecule has 1 unspecified atom stereocenters. The Hall–Kier alpha value is -2.18. The molecule has 7 nitrogen and oxygen atoms in total. The van der Waals surface area contributed by atoms with E-state index in [1.54, 1.807) is 12.4 Å². The maximum absolute atomic E-state index is 12.4. The fraction of sp³-hybridized carbons (Fsp3) is 0.684. The van der Waals surface area contributed by atoms with Crippen LogP contribution in [0.4, 0.5) is 4.79 Å². The van der Waals surface area contributed by atoms with E-state index in [2.05, 4.69) is 9.97 Å². The summed E-state index contributed by atoms with van der Waals surface area (Å²) in [7, 11) is 0. The minimum atomic E-state index is -0.244. The van der Waals surface area contributed by atoms with Crippen LogP contribution in [0.1, 0.15) is 50.9 Å². The number of amides is 2. The van der Waals surface area contributed by atoms with Crippen LogP contribution in [0.5, 0.6) is 0 Å². The Kier molecular flexibility index (Phi) is 5.44. The van der Waals surface area contributed by atoms with Gasteiger partial charge in [-0.1, -0.05) is 0 Å². The lowest BCUT2D eigenvalue weighted by Crippen LogP contribution is -2.55. The SMILES string of the molecule is Cc1cnc(CN2CC3(CCCN(C(=O)OC(C)C)C3)CCC2=O)cn1. The van der Waals surface area contributed by atoms with Gasteiger partial charge in [-0.25, -0.2) is 4.79 Å². The van der Waals surface area contributed by atoms with E-state index in [1.807, 2.05) is 30.6 Å². The first-order valence-electron chi connectivity index (χ1n) is 9.38. The van der Waals surface area contributed by atoms with Crippen LogP contribution in [0.3, 0.4) is 0 Å². The van der Waals surface area contributed by atoms with Crippen molar-refractivity contribution in [2.24, 2.45) is 5.41 Å². The third kappa shape index (κ3) is 4.31. The molecule has 2 aliphatic heterocycles. The van der Waals surface area contributed by atoms with Gasteiger partial charge in [0.2, 0.25) is 5.91 Å². The molecule has 142 valence electrons. The van der Waals surface area contributed by atoms with Crippen molar-refractivity contribution in [1.82, 2.24) is 19.8 Å². The monoisotopic (exact) mass is 360 g/mol. The second-order valence-electron chi connectivity index (χ2n) is 7.86. The Morgan fingerprint density at radius 2 is 2.08 bits per heavy atom. The van der Waals surface area contributed by atoms with E-state index in [-0.39, 0.29) is 23.5 Å². The van der Waals surface area contributed by atoms with E-state index < -0.39 is 0 Å². The van der Waals surface area contributed by atoms with Gasteiger partial charge in [0.15, 0.2) is 0 Å². The minimum Gasteiger partial charge on any atom is -0.447 e. The minimum absolute atomic E-state index is 0.0414. The Bertz CT molecular complexity index is 661. The number of nitrogens with zero attached hydrogens (tertiary/aromatic N) is 4. The highest BCUT2D eigenvalue weighted by Crippen LogP contribution is 2.39. The number of carbonyl (C=O) groups excluding carboxylic acids is 2. The molecular formula is C19H28N4O3. The van der Waals surface area contributed by atoms with Crippen molar-refractivity contribution in [2.45, 2.75) is 59.1 Å². The largest absolute Gasteiger partial charge is 0.447 e. The van der Waals surface area contributed by atoms with Gasteiger partial charge in [0.05, 0.1) is 30.2 Å². The van der Waals surface area contributed by atoms with Gasteiger partial charge in [-0.3, -0.25) is 14.8 Å². The van der Waals surface area contributed by atoms with E-state index >= 15 is 0 Å². The standard InChI is InChI=1S/C19H28N4O3/c1-14(2)26-18(25)22-8-4-6-19(12-22)7-5-17(24)23(13-19)11-16-10-20-15(3)9-21-16/h9-10,14H,4-8,11-13H2,1-3H3. The molecule has 0 aliphatic carbocycles. The fourth-order valence-corrected chi connectivity index (χ4v) is 3.92. The van der Waals surface area contributed by atoms with Gasteiger partial charge in [0.25, 0.3) is 0 Å². The number of hydrogen-bond acceptors (Lipinski definition) is 5. The predicted molar refractivity (Wildman–Crippen MR) is 96.3 cm³/mol. The summed E-state index contributed by atoms with van der Waals surface area (Å²) in [6, 6.07) is 0. The molecule has 0 saturated carbocycles. The summed E-state index contributed by atoms with van der Waals surface area (Å²) >= 11 is 0. The fourth-order valence-electron chi connectivity index (χ4n) is 3.92. The molecule has 0 aromatic carbocycles. The molecule has 1 spiro atoms. The molecule has 7 heteroatoms. The molecule has 1 aromatic heterocycles. The Morgan fingerprint density at radius 3 is 2.77 bits per heavy atom. The van der Waals surface area contributed by atoms with E-state index in [0.29, 0.717) is 26.1 Å². The predicted octanol–water partition coefficient (Wildman–Crippen LogP) is 2.53. The highest BCUT2D eigenvalue weighted by atomic mass is 16.6. The van der Waals surface area contributed by atoms with Crippen LogP contribution in [0.2, 0.25) is 0 Å². The van der Waals surface area contributed by atoms with Gasteiger partial charge < -0.3 is 14.5 Å². The number of carbonyl (C=O) groups is 2. The summed E-state index contributed by atoms with van der Waals surface area (Å²) < 4.78 is 5.37. The van der Waals surface area contributed by atoms with Crippen LogP contribution in [-0.2, 0) is 16.1 Å². The molecule has 1 aromatic rings. The maximum Gasteiger partial charge on any atom is 0.410 e. The van der Waals surface area contributed by atoms with Crippen molar-refractivity contribution in [3.8, 4) is 0 Å². The number of piperidine rings is 2. The molecule has 2 fully saturated rings. The summed E-state index contributed by atoms with van der Waals surface area (Å²) in [5.41, 5.74) is 1.62. The van der Waals surface area contributed by atoms with E-state index in [4.69, 9.17) is 4.74 Å². The number of ether oxygens (including phenoxy) is 1. The number of likely N-dealkylation sites (tertiary alicyclic amines) is 2. The molecule has 3 heterocycles. The smallest absolute Gasteiger partial charge is 0.410 e. The van der Waals surface area contributed by atoms with Crippen LogP contribution in [-0.4, -0.2) is 57.5 Å². The lowest BCUT2D eigenvalue weighted by molar-refractivity contribution is -0.140. The number of aromatic nitrogens is 2. The van der Waals surface area contributed by atoms with Crippen LogP contribution in [0, 0.1) is 12.3 Å². The van der Waals surface area contributed by atoms with Crippen molar-refractivity contribution < 1.29 is 14.3 Å². The highest BCUT2D eigenvalue weighted by Gasteiger charge is 2.43.